The maximum absolute atomic E-state index is 12.6. The van der Waals surface area contributed by atoms with E-state index in [1.807, 2.05) is 22.8 Å². The zero-order valence-corrected chi connectivity index (χ0v) is 17.3. The molecule has 0 saturated heterocycles. The van der Waals surface area contributed by atoms with Gasteiger partial charge in [0.15, 0.2) is 0 Å². The number of nitrogens with zero attached hydrogens (tertiary/aromatic N) is 1. The second kappa shape index (κ2) is 8.28. The van der Waals surface area contributed by atoms with E-state index in [-0.39, 0.29) is 16.7 Å². The Labute approximate surface area is 180 Å². The lowest BCUT2D eigenvalue weighted by Gasteiger charge is -2.10. The number of nitrogens with two attached hydrogens (primary N) is 1. The number of amides is 1. The van der Waals surface area contributed by atoms with Crippen LogP contribution in [-0.2, 0) is 17.9 Å². The van der Waals surface area contributed by atoms with Gasteiger partial charge in [0.05, 0.1) is 17.6 Å². The summed E-state index contributed by atoms with van der Waals surface area (Å²) in [7, 11) is 1.60. The molecule has 0 spiro atoms. The van der Waals surface area contributed by atoms with E-state index in [2.05, 4.69) is 6.07 Å². The number of carbonyl (C=O) groups is 1. The Morgan fingerprint density at radius 2 is 1.87 bits per heavy atom. The number of benzene rings is 3. The van der Waals surface area contributed by atoms with Crippen molar-refractivity contribution in [1.29, 1.82) is 0 Å². The van der Waals surface area contributed by atoms with E-state index in [0.717, 1.165) is 27.5 Å². The van der Waals surface area contributed by atoms with Crippen LogP contribution in [0.3, 0.4) is 0 Å². The number of ether oxygens (including phenoxy) is 1. The van der Waals surface area contributed by atoms with Crippen LogP contribution in [-0.4, -0.2) is 23.1 Å². The van der Waals surface area contributed by atoms with E-state index < -0.39 is 11.4 Å². The SMILES string of the molecule is COCc1c[c]c2c3c(C(N)=O)cccc3n(Cc3ccc(SC(F)(F)F)cc3)c2c1. The van der Waals surface area contributed by atoms with Crippen molar-refractivity contribution in [3.05, 3.63) is 77.4 Å². The second-order valence-corrected chi connectivity index (χ2v) is 8.18. The number of hydrogen-bond acceptors (Lipinski definition) is 3. The monoisotopic (exact) mass is 443 g/mol. The van der Waals surface area contributed by atoms with Crippen LogP contribution in [0, 0.1) is 6.07 Å². The number of alkyl halides is 3. The van der Waals surface area contributed by atoms with E-state index in [4.69, 9.17) is 10.5 Å². The first kappa shape index (κ1) is 21.3. The Bertz CT molecular complexity index is 1260. The predicted molar refractivity (Wildman–Crippen MR) is 115 cm³/mol. The number of hydrogen-bond donors (Lipinski definition) is 1. The summed E-state index contributed by atoms with van der Waals surface area (Å²) in [6.07, 6.45) is 0. The molecule has 1 aromatic heterocycles. The third kappa shape index (κ3) is 4.40. The highest BCUT2D eigenvalue weighted by atomic mass is 32.2. The fourth-order valence-electron chi connectivity index (χ4n) is 3.70. The van der Waals surface area contributed by atoms with E-state index in [9.17, 15) is 18.0 Å². The summed E-state index contributed by atoms with van der Waals surface area (Å²) in [4.78, 5) is 12.2. The van der Waals surface area contributed by atoms with Gasteiger partial charge in [-0.25, -0.2) is 0 Å². The smallest absolute Gasteiger partial charge is 0.380 e. The molecular weight excluding hydrogens is 425 g/mol. The van der Waals surface area contributed by atoms with Crippen molar-refractivity contribution in [2.75, 3.05) is 7.11 Å². The van der Waals surface area contributed by atoms with Crippen LogP contribution in [0.2, 0.25) is 0 Å². The largest absolute Gasteiger partial charge is 0.446 e. The molecule has 2 N–H and O–H groups in total. The van der Waals surface area contributed by atoms with Crippen LogP contribution in [0.1, 0.15) is 21.5 Å². The van der Waals surface area contributed by atoms with Gasteiger partial charge >= 0.3 is 5.51 Å². The van der Waals surface area contributed by atoms with E-state index in [1.54, 1.807) is 31.4 Å². The van der Waals surface area contributed by atoms with Crippen molar-refractivity contribution in [3.8, 4) is 0 Å². The van der Waals surface area contributed by atoms with Crippen molar-refractivity contribution < 1.29 is 22.7 Å². The van der Waals surface area contributed by atoms with Crippen molar-refractivity contribution >= 4 is 39.5 Å². The molecule has 0 fully saturated rings. The van der Waals surface area contributed by atoms with Crippen molar-refractivity contribution in [1.82, 2.24) is 4.57 Å². The highest BCUT2D eigenvalue weighted by molar-refractivity contribution is 8.00. The van der Waals surface area contributed by atoms with Crippen LogP contribution < -0.4 is 5.73 Å². The van der Waals surface area contributed by atoms with Gasteiger partial charge < -0.3 is 15.0 Å². The topological polar surface area (TPSA) is 57.2 Å². The summed E-state index contributed by atoms with van der Waals surface area (Å²) in [6.45, 7) is 0.809. The number of carbonyl (C=O) groups excluding carboxylic acids is 1. The molecule has 1 amide bonds. The number of primary amides is 1. The first-order valence-electron chi connectivity index (χ1n) is 9.36. The lowest BCUT2D eigenvalue weighted by molar-refractivity contribution is -0.0328. The Morgan fingerprint density at radius 1 is 1.13 bits per heavy atom. The summed E-state index contributed by atoms with van der Waals surface area (Å²) in [5.41, 5.74) is 5.05. The maximum Gasteiger partial charge on any atom is 0.446 e. The molecule has 1 heterocycles. The number of rotatable bonds is 6. The lowest BCUT2D eigenvalue weighted by Crippen LogP contribution is -2.11. The number of methoxy groups -OCH3 is 1. The molecule has 159 valence electrons. The predicted octanol–water partition coefficient (Wildman–Crippen LogP) is 5.50. The second-order valence-electron chi connectivity index (χ2n) is 7.04. The quantitative estimate of drug-likeness (QED) is 0.401. The van der Waals surface area contributed by atoms with Gasteiger partial charge in [0, 0.05) is 34.9 Å². The summed E-state index contributed by atoms with van der Waals surface area (Å²) in [6, 6.07) is 18.6. The molecule has 0 aliphatic carbocycles. The molecule has 4 aromatic rings. The minimum Gasteiger partial charge on any atom is -0.380 e. The van der Waals surface area contributed by atoms with Crippen molar-refractivity contribution in [3.63, 3.8) is 0 Å². The molecule has 0 aliphatic heterocycles. The summed E-state index contributed by atoms with van der Waals surface area (Å²) < 4.78 is 45.1. The zero-order chi connectivity index (χ0) is 22.2. The Morgan fingerprint density at radius 3 is 2.52 bits per heavy atom. The van der Waals surface area contributed by atoms with E-state index >= 15 is 0 Å². The number of fused-ring (bicyclic) bond motifs is 3. The molecule has 0 unspecified atom stereocenters. The van der Waals surface area contributed by atoms with E-state index in [1.165, 1.54) is 12.1 Å². The highest BCUT2D eigenvalue weighted by Crippen LogP contribution is 2.37. The molecule has 1 radical (unpaired) electrons. The van der Waals surface area contributed by atoms with Crippen molar-refractivity contribution in [2.24, 2.45) is 5.73 Å². The number of aromatic nitrogens is 1. The van der Waals surface area contributed by atoms with Gasteiger partial charge in [-0.15, -0.1) is 0 Å². The highest BCUT2D eigenvalue weighted by Gasteiger charge is 2.29. The molecule has 4 nitrogen and oxygen atoms in total. The van der Waals surface area contributed by atoms with Crippen molar-refractivity contribution in [2.45, 2.75) is 23.6 Å². The molecule has 4 rings (SSSR count). The van der Waals surface area contributed by atoms with Crippen LogP contribution in [0.15, 0.2) is 59.5 Å². The Hall–Kier alpha value is -2.97. The summed E-state index contributed by atoms with van der Waals surface area (Å²) in [5, 5.41) is 1.46. The van der Waals surface area contributed by atoms with Crippen LogP contribution in [0.25, 0.3) is 21.8 Å². The molecule has 0 aliphatic rings. The normalized spacial score (nSPS) is 12.0. The third-order valence-corrected chi connectivity index (χ3v) is 5.67. The van der Waals surface area contributed by atoms with Gasteiger partial charge in [-0.1, -0.05) is 18.2 Å². The fourth-order valence-corrected chi connectivity index (χ4v) is 4.24. The van der Waals surface area contributed by atoms with Gasteiger partial charge in [-0.05, 0) is 65.4 Å². The maximum atomic E-state index is 12.6. The van der Waals surface area contributed by atoms with Gasteiger partial charge in [0.1, 0.15) is 0 Å². The van der Waals surface area contributed by atoms with E-state index in [0.29, 0.717) is 24.1 Å². The van der Waals surface area contributed by atoms with Crippen LogP contribution in [0.4, 0.5) is 13.2 Å². The minimum atomic E-state index is -4.33. The Balaban J connectivity index is 1.84. The Kier molecular flexibility index (Phi) is 5.68. The molecule has 0 atom stereocenters. The summed E-state index contributed by atoms with van der Waals surface area (Å²) in [5.74, 6) is -0.535. The zero-order valence-electron chi connectivity index (χ0n) is 16.5. The average Bonchev–Trinajstić information content (AvgIpc) is 3.02. The van der Waals surface area contributed by atoms with Gasteiger partial charge in [0.2, 0.25) is 5.91 Å². The molecule has 31 heavy (non-hydrogen) atoms. The molecule has 3 aromatic carbocycles. The average molecular weight is 443 g/mol. The standard InChI is InChI=1S/C23H18F3N2O2S/c1-30-13-15-7-10-17-20(11-15)28(19-4-2-3-18(21(17)19)22(27)29)12-14-5-8-16(9-6-14)31-23(24,25)26/h2-9,11H,12-13H2,1H3,(H2,27,29). The van der Waals surface area contributed by atoms with Gasteiger partial charge in [-0.3, -0.25) is 4.79 Å². The number of halogens is 3. The van der Waals surface area contributed by atoms with Crippen LogP contribution in [0.5, 0.6) is 0 Å². The van der Waals surface area contributed by atoms with Crippen LogP contribution >= 0.6 is 11.8 Å². The fraction of sp³-hybridized carbons (Fsp3) is 0.174. The summed E-state index contributed by atoms with van der Waals surface area (Å²) >= 11 is -0.142. The molecule has 0 bridgehead atoms. The van der Waals surface area contributed by atoms with Gasteiger partial charge in [-0.2, -0.15) is 13.2 Å². The minimum absolute atomic E-state index is 0.130. The molecular formula is C23H18F3N2O2S. The van der Waals surface area contributed by atoms with Gasteiger partial charge in [0.25, 0.3) is 0 Å². The first-order chi connectivity index (χ1) is 14.8. The first-order valence-corrected chi connectivity index (χ1v) is 10.2. The molecule has 8 heteroatoms. The lowest BCUT2D eigenvalue weighted by atomic mass is 10.0. The number of thioether (sulfide) groups is 1. The third-order valence-electron chi connectivity index (χ3n) is 4.93. The molecule has 0 saturated carbocycles.